The van der Waals surface area contributed by atoms with Crippen molar-refractivity contribution in [2.45, 2.75) is 39.0 Å². The molecule has 2 aromatic heterocycles. The monoisotopic (exact) mass is 455 g/mol. The molecule has 0 aliphatic heterocycles. The number of benzene rings is 1. The van der Waals surface area contributed by atoms with E-state index in [1.165, 1.54) is 0 Å². The molecule has 0 saturated carbocycles. The molecule has 0 aliphatic rings. The number of hydroxylamine groups is 1. The molecule has 0 radical (unpaired) electrons. The van der Waals surface area contributed by atoms with E-state index in [1.54, 1.807) is 22.3 Å². The van der Waals surface area contributed by atoms with Crippen molar-refractivity contribution >= 4 is 28.6 Å². The van der Waals surface area contributed by atoms with Crippen LogP contribution in [0.2, 0.25) is 0 Å². The van der Waals surface area contributed by atoms with Crippen LogP contribution in [0.4, 0.5) is 0 Å². The molecule has 1 atom stereocenters. The van der Waals surface area contributed by atoms with Gasteiger partial charge in [0.25, 0.3) is 5.91 Å². The summed E-state index contributed by atoms with van der Waals surface area (Å²) in [6, 6.07) is 8.98. The molecule has 2 heterocycles. The number of nitrogens with one attached hydrogen (secondary N) is 3. The van der Waals surface area contributed by atoms with Crippen LogP contribution in [0.3, 0.4) is 0 Å². The number of aromatic nitrogens is 2. The van der Waals surface area contributed by atoms with Crippen LogP contribution in [0, 0.1) is 5.92 Å². The summed E-state index contributed by atoms with van der Waals surface area (Å²) in [5.74, 6) is -1.41. The molecule has 0 aliphatic carbocycles. The standard InChI is InChI=1S/C23H29N5O5/c1-3-4-5-6-16(12-21(29)27-32)22(30)24-14-25-23(31)20-10-9-19(33-20)15-7-8-17-13-28(2)26-18(17)11-15/h7-11,13,16,32H,3-6,12,14H2,1-2H3,(H,24,30)(H,25,31)(H,27,29)/t16-/m1/s1. The van der Waals surface area contributed by atoms with Crippen molar-refractivity contribution in [2.24, 2.45) is 13.0 Å². The molecule has 10 nitrogen and oxygen atoms in total. The highest BCUT2D eigenvalue weighted by atomic mass is 16.5. The Labute approximate surface area is 191 Å². The summed E-state index contributed by atoms with van der Waals surface area (Å²) in [4.78, 5) is 36.4. The second kappa shape index (κ2) is 11.3. The number of rotatable bonds is 11. The van der Waals surface area contributed by atoms with E-state index >= 15 is 0 Å². The number of furan rings is 1. The predicted octanol–water partition coefficient (Wildman–Crippen LogP) is 2.73. The van der Waals surface area contributed by atoms with Gasteiger partial charge in [-0.2, -0.15) is 5.10 Å². The number of amides is 3. The largest absolute Gasteiger partial charge is 0.451 e. The maximum Gasteiger partial charge on any atom is 0.288 e. The number of aryl methyl sites for hydroxylation is 1. The normalized spacial score (nSPS) is 11.8. The van der Waals surface area contributed by atoms with E-state index in [1.807, 2.05) is 38.4 Å². The van der Waals surface area contributed by atoms with Gasteiger partial charge < -0.3 is 15.1 Å². The van der Waals surface area contributed by atoms with Gasteiger partial charge in [0.2, 0.25) is 11.8 Å². The SMILES string of the molecule is CCCCC[C@H](CC(=O)NO)C(=O)NCNC(=O)c1ccc(-c2ccc3cn(C)nc3c2)o1. The first-order chi connectivity index (χ1) is 15.9. The minimum Gasteiger partial charge on any atom is -0.451 e. The third kappa shape index (κ3) is 6.42. The maximum atomic E-state index is 12.4. The van der Waals surface area contributed by atoms with Crippen molar-refractivity contribution in [3.63, 3.8) is 0 Å². The third-order valence-electron chi connectivity index (χ3n) is 5.33. The number of hydrogen-bond acceptors (Lipinski definition) is 6. The van der Waals surface area contributed by atoms with Gasteiger partial charge in [0.05, 0.1) is 12.2 Å². The van der Waals surface area contributed by atoms with E-state index in [-0.39, 0.29) is 24.8 Å². The van der Waals surface area contributed by atoms with Gasteiger partial charge in [0.15, 0.2) is 5.76 Å². The zero-order valence-corrected chi connectivity index (χ0v) is 18.8. The minimum atomic E-state index is -0.623. The van der Waals surface area contributed by atoms with Gasteiger partial charge in [-0.05, 0) is 24.6 Å². The van der Waals surface area contributed by atoms with Crippen LogP contribution in [-0.2, 0) is 16.6 Å². The van der Waals surface area contributed by atoms with E-state index in [4.69, 9.17) is 9.62 Å². The summed E-state index contributed by atoms with van der Waals surface area (Å²) in [6.45, 7) is 1.93. The van der Waals surface area contributed by atoms with Crippen molar-refractivity contribution in [1.82, 2.24) is 25.9 Å². The van der Waals surface area contributed by atoms with Crippen LogP contribution in [0.15, 0.2) is 40.9 Å². The van der Waals surface area contributed by atoms with Crippen LogP contribution in [0.1, 0.15) is 49.6 Å². The topological polar surface area (TPSA) is 138 Å². The molecule has 3 amide bonds. The lowest BCUT2D eigenvalue weighted by Crippen LogP contribution is -2.41. The average molecular weight is 456 g/mol. The van der Waals surface area contributed by atoms with E-state index in [9.17, 15) is 14.4 Å². The first kappa shape index (κ1) is 24.0. The summed E-state index contributed by atoms with van der Waals surface area (Å²) in [7, 11) is 1.85. The Hall–Kier alpha value is -3.66. The van der Waals surface area contributed by atoms with Gasteiger partial charge in [0, 0.05) is 36.5 Å². The first-order valence-electron chi connectivity index (χ1n) is 10.9. The maximum absolute atomic E-state index is 12.4. The van der Waals surface area contributed by atoms with Gasteiger partial charge in [-0.3, -0.25) is 24.3 Å². The number of unbranched alkanes of at least 4 members (excludes halogenated alkanes) is 2. The molecule has 10 heteroatoms. The van der Waals surface area contributed by atoms with Gasteiger partial charge in [-0.25, -0.2) is 5.48 Å². The quantitative estimate of drug-likeness (QED) is 0.152. The molecule has 3 rings (SSSR count). The Morgan fingerprint density at radius 1 is 1.15 bits per heavy atom. The van der Waals surface area contributed by atoms with E-state index in [0.717, 1.165) is 35.7 Å². The highest BCUT2D eigenvalue weighted by Crippen LogP contribution is 2.25. The average Bonchev–Trinajstić information content (AvgIpc) is 3.43. The molecule has 0 saturated heterocycles. The molecule has 4 N–H and O–H groups in total. The molecular formula is C23H29N5O5. The summed E-state index contributed by atoms with van der Waals surface area (Å²) in [5, 5.41) is 19.3. The summed E-state index contributed by atoms with van der Waals surface area (Å²) in [6.07, 6.45) is 5.02. The second-order valence-corrected chi connectivity index (χ2v) is 7.90. The number of carbonyl (C=O) groups excluding carboxylic acids is 3. The molecule has 0 spiro atoms. The zero-order valence-electron chi connectivity index (χ0n) is 18.8. The Kier molecular flexibility index (Phi) is 8.20. The highest BCUT2D eigenvalue weighted by Gasteiger charge is 2.21. The fourth-order valence-electron chi connectivity index (χ4n) is 3.59. The van der Waals surface area contributed by atoms with Gasteiger partial charge in [-0.1, -0.05) is 38.3 Å². The zero-order chi connectivity index (χ0) is 23.8. The number of fused-ring (bicyclic) bond motifs is 1. The van der Waals surface area contributed by atoms with Crippen molar-refractivity contribution in [2.75, 3.05) is 6.67 Å². The van der Waals surface area contributed by atoms with Crippen LogP contribution in [0.25, 0.3) is 22.2 Å². The third-order valence-corrected chi connectivity index (χ3v) is 5.33. The fraction of sp³-hybridized carbons (Fsp3) is 0.391. The van der Waals surface area contributed by atoms with E-state index in [2.05, 4.69) is 15.7 Å². The van der Waals surface area contributed by atoms with Crippen molar-refractivity contribution in [3.8, 4) is 11.3 Å². The lowest BCUT2D eigenvalue weighted by molar-refractivity contribution is -0.135. The predicted molar refractivity (Wildman–Crippen MR) is 121 cm³/mol. The Bertz CT molecular complexity index is 1120. The van der Waals surface area contributed by atoms with Crippen molar-refractivity contribution in [1.29, 1.82) is 0 Å². The fourth-order valence-corrected chi connectivity index (χ4v) is 3.59. The van der Waals surface area contributed by atoms with Gasteiger partial charge in [-0.15, -0.1) is 0 Å². The smallest absolute Gasteiger partial charge is 0.288 e. The van der Waals surface area contributed by atoms with E-state index < -0.39 is 17.7 Å². The van der Waals surface area contributed by atoms with Gasteiger partial charge >= 0.3 is 0 Å². The Morgan fingerprint density at radius 3 is 2.73 bits per heavy atom. The summed E-state index contributed by atoms with van der Waals surface area (Å²) < 4.78 is 7.42. The van der Waals surface area contributed by atoms with Crippen molar-refractivity contribution in [3.05, 3.63) is 42.3 Å². The molecule has 0 fully saturated rings. The minimum absolute atomic E-state index is 0.111. The van der Waals surface area contributed by atoms with Gasteiger partial charge in [0.1, 0.15) is 5.76 Å². The lowest BCUT2D eigenvalue weighted by Gasteiger charge is -2.16. The Morgan fingerprint density at radius 2 is 1.97 bits per heavy atom. The summed E-state index contributed by atoms with van der Waals surface area (Å²) >= 11 is 0. The molecular weight excluding hydrogens is 426 g/mol. The molecule has 0 bridgehead atoms. The first-order valence-corrected chi connectivity index (χ1v) is 10.9. The van der Waals surface area contributed by atoms with E-state index in [0.29, 0.717) is 12.2 Å². The summed E-state index contributed by atoms with van der Waals surface area (Å²) in [5.41, 5.74) is 3.18. The molecule has 3 aromatic rings. The molecule has 0 unspecified atom stereocenters. The molecule has 33 heavy (non-hydrogen) atoms. The highest BCUT2D eigenvalue weighted by molar-refractivity contribution is 5.93. The molecule has 1 aromatic carbocycles. The molecule has 176 valence electrons. The van der Waals surface area contributed by atoms with Crippen molar-refractivity contribution < 1.29 is 24.0 Å². The lowest BCUT2D eigenvalue weighted by atomic mass is 9.96. The van der Waals surface area contributed by atoms with Crippen LogP contribution in [-0.4, -0.2) is 39.4 Å². The van der Waals surface area contributed by atoms with Crippen LogP contribution < -0.4 is 16.1 Å². The second-order valence-electron chi connectivity index (χ2n) is 7.90. The number of nitrogens with zero attached hydrogens (tertiary/aromatic N) is 2. The Balaban J connectivity index is 1.54. The van der Waals surface area contributed by atoms with Crippen LogP contribution >= 0.6 is 0 Å². The van der Waals surface area contributed by atoms with Crippen LogP contribution in [0.5, 0.6) is 0 Å². The number of carbonyl (C=O) groups is 3. The number of hydrogen-bond donors (Lipinski definition) is 4.